The Morgan fingerprint density at radius 1 is 1.42 bits per heavy atom. The average Bonchev–Trinajstić information content (AvgIpc) is 3.10. The van der Waals surface area contributed by atoms with E-state index >= 15 is 0 Å². The van der Waals surface area contributed by atoms with Crippen molar-refractivity contribution in [3.05, 3.63) is 51.9 Å². The van der Waals surface area contributed by atoms with Gasteiger partial charge in [-0.3, -0.25) is 10.0 Å². The van der Waals surface area contributed by atoms with E-state index in [2.05, 4.69) is 35.7 Å². The standard InChI is InChI=1S/C18H23N3O2S3/c1-4-7-14(10-17(22)20-23)25-13(3)15-11-24-18(19-15)21-26-16-9-6-5-8-12(16)2/h5-9,11,13,23H,4,10H2,1-3H3,(H,19,21)(H,20,22)/b14-7-. The molecule has 0 aliphatic rings. The number of hydrogen-bond acceptors (Lipinski definition) is 7. The van der Waals surface area contributed by atoms with Gasteiger partial charge in [-0.15, -0.1) is 23.1 Å². The fourth-order valence-corrected chi connectivity index (χ4v) is 5.01. The molecule has 8 heteroatoms. The van der Waals surface area contributed by atoms with E-state index in [1.165, 1.54) is 10.5 Å². The fourth-order valence-electron chi connectivity index (χ4n) is 2.16. The van der Waals surface area contributed by atoms with Gasteiger partial charge < -0.3 is 4.72 Å². The molecular formula is C18H23N3O2S3. The maximum atomic E-state index is 11.4. The van der Waals surface area contributed by atoms with Crippen LogP contribution >= 0.6 is 35.0 Å². The number of anilines is 1. The van der Waals surface area contributed by atoms with Crippen LogP contribution in [0.3, 0.4) is 0 Å². The summed E-state index contributed by atoms with van der Waals surface area (Å²) in [5.41, 5.74) is 3.88. The van der Waals surface area contributed by atoms with Crippen LogP contribution < -0.4 is 10.2 Å². The summed E-state index contributed by atoms with van der Waals surface area (Å²) in [5.74, 6) is -0.403. The molecule has 5 nitrogen and oxygen atoms in total. The molecule has 2 rings (SSSR count). The van der Waals surface area contributed by atoms with Crippen molar-refractivity contribution < 1.29 is 10.0 Å². The van der Waals surface area contributed by atoms with E-state index in [9.17, 15) is 4.79 Å². The molecule has 0 saturated carbocycles. The molecule has 0 bridgehead atoms. The van der Waals surface area contributed by atoms with Crippen molar-refractivity contribution >= 4 is 46.1 Å². The lowest BCUT2D eigenvalue weighted by Crippen LogP contribution is -2.18. The van der Waals surface area contributed by atoms with Crippen molar-refractivity contribution in [2.24, 2.45) is 0 Å². The van der Waals surface area contributed by atoms with Gasteiger partial charge in [-0.25, -0.2) is 10.5 Å². The summed E-state index contributed by atoms with van der Waals surface area (Å²) in [6.45, 7) is 6.17. The van der Waals surface area contributed by atoms with Gasteiger partial charge in [-0.1, -0.05) is 31.2 Å². The number of nitrogens with one attached hydrogen (secondary N) is 2. The Morgan fingerprint density at radius 3 is 2.88 bits per heavy atom. The van der Waals surface area contributed by atoms with Crippen LogP contribution in [0.1, 0.15) is 43.2 Å². The van der Waals surface area contributed by atoms with Crippen LogP contribution in [0, 0.1) is 6.92 Å². The third kappa shape index (κ3) is 6.35. The number of aryl methyl sites for hydroxylation is 1. The highest BCUT2D eigenvalue weighted by Crippen LogP contribution is 2.37. The van der Waals surface area contributed by atoms with Crippen molar-refractivity contribution in [1.82, 2.24) is 10.5 Å². The number of nitrogens with zero attached hydrogens (tertiary/aromatic N) is 1. The van der Waals surface area contributed by atoms with Crippen molar-refractivity contribution in [1.29, 1.82) is 0 Å². The second-order valence-electron chi connectivity index (χ2n) is 5.60. The number of hydroxylamine groups is 1. The SMILES string of the molecule is CC/C=C(/CC(=O)NO)SC(C)c1csc(NSc2ccccc2C)n1. The molecule has 1 aromatic heterocycles. The molecule has 0 radical (unpaired) electrons. The quantitative estimate of drug-likeness (QED) is 0.286. The number of amides is 1. The maximum absolute atomic E-state index is 11.4. The zero-order valence-electron chi connectivity index (χ0n) is 15.0. The van der Waals surface area contributed by atoms with Crippen molar-refractivity contribution in [2.45, 2.75) is 43.8 Å². The maximum Gasteiger partial charge on any atom is 0.248 e. The Balaban J connectivity index is 1.96. The minimum absolute atomic E-state index is 0.120. The Labute approximate surface area is 166 Å². The molecule has 0 fully saturated rings. The molecule has 1 heterocycles. The summed E-state index contributed by atoms with van der Waals surface area (Å²) in [4.78, 5) is 18.2. The van der Waals surface area contributed by atoms with E-state index in [0.29, 0.717) is 0 Å². The molecule has 2 aromatic rings. The average molecular weight is 410 g/mol. The zero-order chi connectivity index (χ0) is 18.9. The largest absolute Gasteiger partial charge is 0.302 e. The minimum atomic E-state index is -0.403. The van der Waals surface area contributed by atoms with Crippen molar-refractivity contribution in [3.8, 4) is 0 Å². The normalized spacial score (nSPS) is 12.7. The lowest BCUT2D eigenvalue weighted by atomic mass is 10.2. The Kier molecular flexibility index (Phi) is 8.50. The first-order valence-electron chi connectivity index (χ1n) is 8.26. The molecule has 0 spiro atoms. The van der Waals surface area contributed by atoms with E-state index in [0.717, 1.165) is 22.2 Å². The number of carbonyl (C=O) groups excluding carboxylic acids is 1. The summed E-state index contributed by atoms with van der Waals surface area (Å²) < 4.78 is 3.30. The highest BCUT2D eigenvalue weighted by molar-refractivity contribution is 8.03. The number of thioether (sulfide) groups is 1. The summed E-state index contributed by atoms with van der Waals surface area (Å²) in [7, 11) is 0. The van der Waals surface area contributed by atoms with E-state index in [1.54, 1.807) is 40.5 Å². The third-order valence-corrected chi connectivity index (χ3v) is 6.59. The topological polar surface area (TPSA) is 74.2 Å². The van der Waals surface area contributed by atoms with E-state index < -0.39 is 5.91 Å². The van der Waals surface area contributed by atoms with Crippen LogP contribution in [0.2, 0.25) is 0 Å². The predicted octanol–water partition coefficient (Wildman–Crippen LogP) is 5.55. The molecule has 1 amide bonds. The lowest BCUT2D eigenvalue weighted by molar-refractivity contribution is -0.128. The van der Waals surface area contributed by atoms with Crippen LogP contribution in [-0.4, -0.2) is 16.1 Å². The molecule has 1 atom stereocenters. The Hall–Kier alpha value is -1.48. The van der Waals surface area contributed by atoms with Crippen LogP contribution in [0.25, 0.3) is 0 Å². The Morgan fingerprint density at radius 2 is 2.19 bits per heavy atom. The summed E-state index contributed by atoms with van der Waals surface area (Å²) >= 11 is 4.72. The van der Waals surface area contributed by atoms with Gasteiger partial charge in [-0.05, 0) is 48.8 Å². The number of rotatable bonds is 9. The summed E-state index contributed by atoms with van der Waals surface area (Å²) in [6.07, 6.45) is 3.03. The van der Waals surface area contributed by atoms with Gasteiger partial charge in [0.2, 0.25) is 5.91 Å². The highest BCUT2D eigenvalue weighted by Gasteiger charge is 2.15. The lowest BCUT2D eigenvalue weighted by Gasteiger charge is -2.11. The smallest absolute Gasteiger partial charge is 0.248 e. The summed E-state index contributed by atoms with van der Waals surface area (Å²) in [6, 6.07) is 8.21. The fraction of sp³-hybridized carbons (Fsp3) is 0.333. The molecule has 140 valence electrons. The van der Waals surface area contributed by atoms with Gasteiger partial charge in [0.25, 0.3) is 0 Å². The van der Waals surface area contributed by atoms with Crippen LogP contribution in [0.4, 0.5) is 5.13 Å². The summed E-state index contributed by atoms with van der Waals surface area (Å²) in [5, 5.41) is 11.7. The molecule has 3 N–H and O–H groups in total. The predicted molar refractivity (Wildman–Crippen MR) is 112 cm³/mol. The van der Waals surface area contributed by atoms with Crippen LogP contribution in [0.15, 0.2) is 45.5 Å². The Bertz CT molecular complexity index is 762. The second-order valence-corrected chi connectivity index (χ2v) is 8.77. The number of benzene rings is 1. The molecule has 0 saturated heterocycles. The first-order valence-corrected chi connectivity index (χ1v) is 10.8. The van der Waals surface area contributed by atoms with Gasteiger partial charge >= 0.3 is 0 Å². The first kappa shape index (κ1) is 20.8. The van der Waals surface area contributed by atoms with Gasteiger partial charge in [-0.2, -0.15) is 0 Å². The number of thiazole rings is 1. The third-order valence-electron chi connectivity index (χ3n) is 3.50. The molecule has 1 aromatic carbocycles. The van der Waals surface area contributed by atoms with E-state index in [-0.39, 0.29) is 11.7 Å². The molecule has 0 aliphatic heterocycles. The van der Waals surface area contributed by atoms with Gasteiger partial charge in [0, 0.05) is 15.5 Å². The van der Waals surface area contributed by atoms with Gasteiger partial charge in [0.15, 0.2) is 5.13 Å². The van der Waals surface area contributed by atoms with Crippen LogP contribution in [-0.2, 0) is 4.79 Å². The first-order chi connectivity index (χ1) is 12.5. The van der Waals surface area contributed by atoms with Crippen LogP contribution in [0.5, 0.6) is 0 Å². The van der Waals surface area contributed by atoms with Gasteiger partial charge in [0.1, 0.15) is 0 Å². The molecule has 1 unspecified atom stereocenters. The molecular weight excluding hydrogens is 386 g/mol. The number of hydrogen-bond donors (Lipinski definition) is 3. The minimum Gasteiger partial charge on any atom is -0.302 e. The highest BCUT2D eigenvalue weighted by atomic mass is 32.2. The number of allylic oxidation sites excluding steroid dienone is 1. The zero-order valence-corrected chi connectivity index (χ0v) is 17.4. The monoisotopic (exact) mass is 409 g/mol. The molecule has 0 aliphatic carbocycles. The second kappa shape index (κ2) is 10.6. The van der Waals surface area contributed by atoms with Crippen molar-refractivity contribution in [3.63, 3.8) is 0 Å². The molecule has 26 heavy (non-hydrogen) atoms. The number of carbonyl (C=O) groups is 1. The van der Waals surface area contributed by atoms with Crippen molar-refractivity contribution in [2.75, 3.05) is 4.72 Å². The number of aromatic nitrogens is 1. The van der Waals surface area contributed by atoms with E-state index in [4.69, 9.17) is 5.21 Å². The van der Waals surface area contributed by atoms with E-state index in [1.807, 2.05) is 30.5 Å². The van der Waals surface area contributed by atoms with Gasteiger partial charge in [0.05, 0.1) is 12.1 Å².